The van der Waals surface area contributed by atoms with E-state index in [2.05, 4.69) is 58.5 Å². The van der Waals surface area contributed by atoms with Crippen molar-refractivity contribution in [1.29, 1.82) is 5.26 Å². The maximum atomic E-state index is 12.6. The van der Waals surface area contributed by atoms with Crippen LogP contribution in [0.4, 0.5) is 5.82 Å². The van der Waals surface area contributed by atoms with Gasteiger partial charge in [0.25, 0.3) is 0 Å². The highest BCUT2D eigenvalue weighted by Crippen LogP contribution is 2.49. The molecule has 222 valence electrons. The summed E-state index contributed by atoms with van der Waals surface area (Å²) in [6.07, 6.45) is 3.20. The quantitative estimate of drug-likeness (QED) is 0.420. The number of amides is 1. The second-order valence-corrected chi connectivity index (χ2v) is 12.1. The predicted molar refractivity (Wildman–Crippen MR) is 162 cm³/mol. The largest absolute Gasteiger partial charge is 0.447 e. The highest BCUT2D eigenvalue weighted by molar-refractivity contribution is 5.92. The third-order valence-electron chi connectivity index (χ3n) is 9.68. The highest BCUT2D eigenvalue weighted by atomic mass is 16.5. The summed E-state index contributed by atoms with van der Waals surface area (Å²) in [4.78, 5) is 30.9. The Morgan fingerprint density at radius 2 is 1.98 bits per heavy atom. The van der Waals surface area contributed by atoms with Gasteiger partial charge in [0.05, 0.1) is 36.4 Å². The number of ether oxygens (including phenoxy) is 1. The Kier molecular flexibility index (Phi) is 7.25. The number of hydrogen-bond donors (Lipinski definition) is 1. The smallest absolute Gasteiger partial charge is 0.319 e. The summed E-state index contributed by atoms with van der Waals surface area (Å²) < 4.78 is 6.23. The monoisotopic (exact) mass is 579 g/mol. The van der Waals surface area contributed by atoms with Gasteiger partial charge in [-0.15, -0.1) is 0 Å². The van der Waals surface area contributed by atoms with Gasteiger partial charge in [0.2, 0.25) is 5.91 Å². The summed E-state index contributed by atoms with van der Waals surface area (Å²) in [5.41, 5.74) is 4.00. The van der Waals surface area contributed by atoms with Crippen LogP contribution in [-0.2, 0) is 17.9 Å². The summed E-state index contributed by atoms with van der Waals surface area (Å²) in [7, 11) is 0. The fourth-order valence-corrected chi connectivity index (χ4v) is 7.45. The minimum Gasteiger partial charge on any atom is -0.447 e. The van der Waals surface area contributed by atoms with Crippen molar-refractivity contribution in [3.8, 4) is 12.1 Å². The van der Waals surface area contributed by atoms with Crippen molar-refractivity contribution in [2.45, 2.75) is 63.5 Å². The lowest BCUT2D eigenvalue weighted by Crippen LogP contribution is -2.55. The van der Waals surface area contributed by atoms with Gasteiger partial charge in [-0.25, -0.2) is 0 Å². The van der Waals surface area contributed by atoms with Gasteiger partial charge in [-0.2, -0.15) is 15.2 Å². The van der Waals surface area contributed by atoms with Crippen LogP contribution in [0, 0.1) is 11.3 Å². The van der Waals surface area contributed by atoms with Gasteiger partial charge in [-0.1, -0.05) is 43.0 Å². The molecule has 2 aromatic carbocycles. The molecule has 4 atom stereocenters. The van der Waals surface area contributed by atoms with E-state index < -0.39 is 6.10 Å². The minimum atomic E-state index is -0.646. The third kappa shape index (κ3) is 4.82. The number of likely N-dealkylation sites (tertiary alicyclic amines) is 1. The molecule has 7 rings (SSSR count). The van der Waals surface area contributed by atoms with Gasteiger partial charge in [-0.3, -0.25) is 14.6 Å². The second kappa shape index (κ2) is 11.2. The van der Waals surface area contributed by atoms with Crippen LogP contribution in [0.5, 0.6) is 6.01 Å². The molecule has 0 spiro atoms. The number of nitrogens with zero attached hydrogens (tertiary/aromatic N) is 7. The SMILES string of the molecule is C=CC(=O)N1CCN(c2nc(OCN3CCCC3C)nc3c2CN(C2c4cccc5cccc(c45)C2O)C3)C[C@@H]1CC#N. The van der Waals surface area contributed by atoms with Gasteiger partial charge >= 0.3 is 6.01 Å². The Bertz CT molecular complexity index is 1610. The summed E-state index contributed by atoms with van der Waals surface area (Å²) in [6, 6.07) is 15.0. The molecule has 2 saturated heterocycles. The van der Waals surface area contributed by atoms with E-state index in [1.165, 1.54) is 6.08 Å². The number of benzene rings is 2. The van der Waals surface area contributed by atoms with Gasteiger partial charge in [0.1, 0.15) is 12.5 Å². The Morgan fingerprint density at radius 3 is 2.72 bits per heavy atom. The number of aliphatic hydroxyl groups excluding tert-OH is 1. The number of anilines is 1. The van der Waals surface area contributed by atoms with Crippen LogP contribution < -0.4 is 9.64 Å². The van der Waals surface area contributed by atoms with Gasteiger partial charge in [0, 0.05) is 50.9 Å². The van der Waals surface area contributed by atoms with Crippen LogP contribution in [0.15, 0.2) is 49.1 Å². The summed E-state index contributed by atoms with van der Waals surface area (Å²) in [5, 5.41) is 23.4. The first kappa shape index (κ1) is 27.8. The normalized spacial score (nSPS) is 25.2. The van der Waals surface area contributed by atoms with Gasteiger partial charge in [0.15, 0.2) is 0 Å². The molecule has 4 heterocycles. The van der Waals surface area contributed by atoms with E-state index in [4.69, 9.17) is 14.7 Å². The molecule has 3 aliphatic heterocycles. The number of nitriles is 1. The van der Waals surface area contributed by atoms with Crippen molar-refractivity contribution >= 4 is 22.5 Å². The molecule has 2 fully saturated rings. The zero-order chi connectivity index (χ0) is 29.7. The molecule has 43 heavy (non-hydrogen) atoms. The van der Waals surface area contributed by atoms with E-state index in [9.17, 15) is 15.2 Å². The zero-order valence-corrected chi connectivity index (χ0v) is 24.5. The maximum Gasteiger partial charge on any atom is 0.319 e. The summed E-state index contributed by atoms with van der Waals surface area (Å²) >= 11 is 0. The molecular formula is C33H37N7O3. The lowest BCUT2D eigenvalue weighted by molar-refractivity contribution is -0.128. The molecule has 10 heteroatoms. The van der Waals surface area contributed by atoms with Crippen molar-refractivity contribution in [3.63, 3.8) is 0 Å². The number of aliphatic hydroxyl groups is 1. The van der Waals surface area contributed by atoms with E-state index in [-0.39, 0.29) is 24.4 Å². The lowest BCUT2D eigenvalue weighted by atomic mass is 10.0. The van der Waals surface area contributed by atoms with E-state index in [1.54, 1.807) is 4.90 Å². The van der Waals surface area contributed by atoms with Crippen molar-refractivity contribution in [2.75, 3.05) is 37.8 Å². The molecule has 0 saturated carbocycles. The zero-order valence-electron chi connectivity index (χ0n) is 24.5. The van der Waals surface area contributed by atoms with Crippen LogP contribution in [-0.4, -0.2) is 80.7 Å². The molecule has 1 aromatic heterocycles. The number of carbonyl (C=O) groups is 1. The Hall–Kier alpha value is -4.04. The Labute approximate surface area is 251 Å². The van der Waals surface area contributed by atoms with Crippen molar-refractivity contribution < 1.29 is 14.6 Å². The van der Waals surface area contributed by atoms with E-state index in [1.807, 2.05) is 12.1 Å². The highest BCUT2D eigenvalue weighted by Gasteiger charge is 2.42. The van der Waals surface area contributed by atoms with Crippen LogP contribution in [0.3, 0.4) is 0 Å². The first-order valence-electron chi connectivity index (χ1n) is 15.2. The predicted octanol–water partition coefficient (Wildman–Crippen LogP) is 3.67. The van der Waals surface area contributed by atoms with Crippen LogP contribution >= 0.6 is 0 Å². The number of fused-ring (bicyclic) bond motifs is 1. The van der Waals surface area contributed by atoms with Crippen LogP contribution in [0.2, 0.25) is 0 Å². The Balaban J connectivity index is 1.22. The van der Waals surface area contributed by atoms with E-state index in [0.29, 0.717) is 51.5 Å². The average Bonchev–Trinajstić information content (AvgIpc) is 3.71. The lowest BCUT2D eigenvalue weighted by Gasteiger charge is -2.41. The van der Waals surface area contributed by atoms with Crippen LogP contribution in [0.25, 0.3) is 10.8 Å². The number of carbonyl (C=O) groups excluding carboxylic acids is 1. The van der Waals surface area contributed by atoms with Crippen molar-refractivity contribution in [1.82, 2.24) is 24.7 Å². The molecule has 0 bridgehead atoms. The van der Waals surface area contributed by atoms with Crippen molar-refractivity contribution in [2.24, 2.45) is 0 Å². The molecule has 3 unspecified atom stereocenters. The first-order valence-corrected chi connectivity index (χ1v) is 15.2. The second-order valence-electron chi connectivity index (χ2n) is 12.1. The number of rotatable bonds is 7. The summed E-state index contributed by atoms with van der Waals surface area (Å²) in [6.45, 7) is 9.96. The van der Waals surface area contributed by atoms with Gasteiger partial charge in [-0.05, 0) is 47.7 Å². The van der Waals surface area contributed by atoms with Crippen LogP contribution in [0.1, 0.15) is 60.7 Å². The fraction of sp³-hybridized carbons (Fsp3) is 0.455. The number of hydrogen-bond acceptors (Lipinski definition) is 9. The molecule has 3 aromatic rings. The molecule has 10 nitrogen and oxygen atoms in total. The molecule has 1 amide bonds. The number of piperazine rings is 1. The molecule has 1 N–H and O–H groups in total. The fourth-order valence-electron chi connectivity index (χ4n) is 7.45. The number of aromatic nitrogens is 2. The molecule has 1 aliphatic carbocycles. The third-order valence-corrected chi connectivity index (χ3v) is 9.68. The summed E-state index contributed by atoms with van der Waals surface area (Å²) in [5.74, 6) is 0.625. The standard InChI is InChI=1S/C33H37N7O3/c1-3-28(41)40-16-15-37(17-23(40)12-13-34)32-26-18-39(19-27(26)35-33(36-32)43-20-38-14-6-7-21(38)2)30-24-10-4-8-22-9-5-11-25(29(22)24)31(30)42/h3-5,8-11,21,23,30-31,42H,1,6-7,12,14-20H2,2H3/t21?,23-,30?,31?/m0/s1. The Morgan fingerprint density at radius 1 is 1.16 bits per heavy atom. The molecule has 4 aliphatic rings. The topological polar surface area (TPSA) is 109 Å². The maximum absolute atomic E-state index is 12.6. The van der Waals surface area contributed by atoms with Crippen molar-refractivity contribution in [3.05, 3.63) is 71.4 Å². The average molecular weight is 580 g/mol. The van der Waals surface area contributed by atoms with E-state index >= 15 is 0 Å². The minimum absolute atomic E-state index is 0.160. The van der Waals surface area contributed by atoms with E-state index in [0.717, 1.165) is 58.4 Å². The van der Waals surface area contributed by atoms with Gasteiger partial charge < -0.3 is 19.6 Å². The molecular weight excluding hydrogens is 542 g/mol. The first-order chi connectivity index (χ1) is 21.0. The molecule has 0 radical (unpaired) electrons.